The Labute approximate surface area is 71.9 Å². The zero-order valence-corrected chi connectivity index (χ0v) is 7.03. The van der Waals surface area contributed by atoms with Crippen LogP contribution in [0.1, 0.15) is 18.4 Å². The SMILES string of the molecule is C=Cn1cc(C2(CN)CC2)cn1. The molecule has 1 aromatic heterocycles. The summed E-state index contributed by atoms with van der Waals surface area (Å²) in [7, 11) is 0. The van der Waals surface area contributed by atoms with E-state index >= 15 is 0 Å². The topological polar surface area (TPSA) is 43.8 Å². The van der Waals surface area contributed by atoms with Crippen LogP contribution in [-0.2, 0) is 5.41 Å². The minimum atomic E-state index is 0.251. The molecular formula is C9H13N3. The first-order valence-corrected chi connectivity index (χ1v) is 4.18. The molecule has 0 bridgehead atoms. The average molecular weight is 163 g/mol. The summed E-state index contributed by atoms with van der Waals surface area (Å²) in [5.41, 5.74) is 7.19. The normalized spacial score (nSPS) is 19.1. The van der Waals surface area contributed by atoms with Gasteiger partial charge in [0, 0.05) is 24.4 Å². The molecular weight excluding hydrogens is 150 g/mol. The van der Waals surface area contributed by atoms with Gasteiger partial charge < -0.3 is 5.73 Å². The van der Waals surface area contributed by atoms with Gasteiger partial charge in [0.05, 0.1) is 6.20 Å². The average Bonchev–Trinajstić information content (AvgIpc) is 2.77. The van der Waals surface area contributed by atoms with E-state index in [0.29, 0.717) is 0 Å². The van der Waals surface area contributed by atoms with Gasteiger partial charge in [-0.3, -0.25) is 0 Å². The molecule has 64 valence electrons. The quantitative estimate of drug-likeness (QED) is 0.721. The number of nitrogens with two attached hydrogens (primary N) is 1. The highest BCUT2D eigenvalue weighted by Gasteiger charge is 2.43. The van der Waals surface area contributed by atoms with Crippen LogP contribution in [0.25, 0.3) is 6.20 Å². The van der Waals surface area contributed by atoms with Crippen LogP contribution >= 0.6 is 0 Å². The lowest BCUT2D eigenvalue weighted by molar-refractivity contribution is 0.704. The molecule has 1 aromatic rings. The van der Waals surface area contributed by atoms with Crippen molar-refractivity contribution in [2.75, 3.05) is 6.54 Å². The molecule has 1 heterocycles. The molecule has 0 radical (unpaired) electrons. The largest absolute Gasteiger partial charge is 0.330 e. The van der Waals surface area contributed by atoms with Gasteiger partial charge in [0.2, 0.25) is 0 Å². The van der Waals surface area contributed by atoms with Crippen LogP contribution in [0, 0.1) is 0 Å². The highest BCUT2D eigenvalue weighted by Crippen LogP contribution is 2.46. The van der Waals surface area contributed by atoms with Gasteiger partial charge in [-0.2, -0.15) is 5.10 Å². The van der Waals surface area contributed by atoms with Gasteiger partial charge in [0.15, 0.2) is 0 Å². The van der Waals surface area contributed by atoms with Crippen molar-refractivity contribution >= 4 is 6.20 Å². The van der Waals surface area contributed by atoms with Crippen molar-refractivity contribution in [2.24, 2.45) is 5.73 Å². The third-order valence-corrected chi connectivity index (χ3v) is 2.65. The molecule has 0 atom stereocenters. The lowest BCUT2D eigenvalue weighted by Gasteiger charge is -2.07. The summed E-state index contributed by atoms with van der Waals surface area (Å²) in [4.78, 5) is 0. The molecule has 1 aliphatic rings. The first-order chi connectivity index (χ1) is 5.80. The molecule has 3 heteroatoms. The van der Waals surface area contributed by atoms with E-state index in [0.717, 1.165) is 6.54 Å². The van der Waals surface area contributed by atoms with E-state index in [4.69, 9.17) is 5.73 Å². The maximum atomic E-state index is 5.69. The van der Waals surface area contributed by atoms with Crippen LogP contribution in [0.4, 0.5) is 0 Å². The first-order valence-electron chi connectivity index (χ1n) is 4.18. The molecule has 0 unspecified atom stereocenters. The fourth-order valence-corrected chi connectivity index (χ4v) is 1.47. The summed E-state index contributed by atoms with van der Waals surface area (Å²) in [5.74, 6) is 0. The molecule has 1 fully saturated rings. The molecule has 1 saturated carbocycles. The molecule has 0 aromatic carbocycles. The highest BCUT2D eigenvalue weighted by molar-refractivity contribution is 5.30. The van der Waals surface area contributed by atoms with E-state index in [1.54, 1.807) is 10.9 Å². The van der Waals surface area contributed by atoms with Crippen LogP contribution in [0.2, 0.25) is 0 Å². The van der Waals surface area contributed by atoms with Crippen LogP contribution in [-0.4, -0.2) is 16.3 Å². The zero-order valence-electron chi connectivity index (χ0n) is 7.03. The van der Waals surface area contributed by atoms with Crippen LogP contribution in [0.15, 0.2) is 19.0 Å². The number of rotatable bonds is 3. The Morgan fingerprint density at radius 1 is 1.75 bits per heavy atom. The Bertz CT molecular complexity index is 296. The summed E-state index contributed by atoms with van der Waals surface area (Å²) in [6.45, 7) is 4.37. The van der Waals surface area contributed by atoms with Crippen molar-refractivity contribution in [3.8, 4) is 0 Å². The molecule has 2 N–H and O–H groups in total. The number of aromatic nitrogens is 2. The number of nitrogens with zero attached hydrogens (tertiary/aromatic N) is 2. The lowest BCUT2D eigenvalue weighted by atomic mass is 10.0. The molecule has 3 nitrogen and oxygen atoms in total. The van der Waals surface area contributed by atoms with E-state index in [-0.39, 0.29) is 5.41 Å². The summed E-state index contributed by atoms with van der Waals surface area (Å²) in [6.07, 6.45) is 7.99. The van der Waals surface area contributed by atoms with Gasteiger partial charge in [-0.1, -0.05) is 6.58 Å². The van der Waals surface area contributed by atoms with Gasteiger partial charge in [-0.15, -0.1) is 0 Å². The molecule has 0 amide bonds. The summed E-state index contributed by atoms with van der Waals surface area (Å²) >= 11 is 0. The Kier molecular flexibility index (Phi) is 1.54. The van der Waals surface area contributed by atoms with E-state index in [1.165, 1.54) is 18.4 Å². The summed E-state index contributed by atoms with van der Waals surface area (Å²) < 4.78 is 1.73. The maximum absolute atomic E-state index is 5.69. The van der Waals surface area contributed by atoms with Crippen molar-refractivity contribution in [2.45, 2.75) is 18.3 Å². The van der Waals surface area contributed by atoms with Gasteiger partial charge in [-0.05, 0) is 18.4 Å². The van der Waals surface area contributed by atoms with Gasteiger partial charge in [0.1, 0.15) is 0 Å². The van der Waals surface area contributed by atoms with Gasteiger partial charge in [0.25, 0.3) is 0 Å². The van der Waals surface area contributed by atoms with E-state index in [2.05, 4.69) is 11.7 Å². The molecule has 2 rings (SSSR count). The second-order valence-electron chi connectivity index (χ2n) is 3.38. The third-order valence-electron chi connectivity index (χ3n) is 2.65. The standard InChI is InChI=1S/C9H13N3/c1-2-12-6-8(5-11-12)9(7-10)3-4-9/h2,5-6H,1,3-4,7,10H2. The van der Waals surface area contributed by atoms with Crippen molar-refractivity contribution in [1.82, 2.24) is 9.78 Å². The minimum absolute atomic E-state index is 0.251. The molecule has 0 saturated heterocycles. The van der Waals surface area contributed by atoms with Crippen molar-refractivity contribution in [3.05, 3.63) is 24.5 Å². The first kappa shape index (κ1) is 7.55. The van der Waals surface area contributed by atoms with Crippen molar-refractivity contribution < 1.29 is 0 Å². The predicted octanol–water partition coefficient (Wildman–Crippen LogP) is 0.974. The summed E-state index contributed by atoms with van der Waals surface area (Å²) in [5, 5.41) is 4.13. The molecule has 0 spiro atoms. The highest BCUT2D eigenvalue weighted by atomic mass is 15.2. The monoisotopic (exact) mass is 163 g/mol. The second-order valence-corrected chi connectivity index (χ2v) is 3.38. The molecule has 12 heavy (non-hydrogen) atoms. The van der Waals surface area contributed by atoms with E-state index < -0.39 is 0 Å². The Balaban J connectivity index is 2.28. The van der Waals surface area contributed by atoms with Crippen LogP contribution in [0.5, 0.6) is 0 Å². The van der Waals surface area contributed by atoms with Crippen LogP contribution in [0.3, 0.4) is 0 Å². The molecule has 1 aliphatic carbocycles. The Morgan fingerprint density at radius 3 is 2.92 bits per heavy atom. The minimum Gasteiger partial charge on any atom is -0.330 e. The lowest BCUT2D eigenvalue weighted by Crippen LogP contribution is -2.18. The second kappa shape index (κ2) is 2.45. The zero-order chi connectivity index (χ0) is 8.60. The third kappa shape index (κ3) is 0.975. The maximum Gasteiger partial charge on any atom is 0.0532 e. The number of hydrogen-bond donors (Lipinski definition) is 1. The fraction of sp³-hybridized carbons (Fsp3) is 0.444. The summed E-state index contributed by atoms with van der Waals surface area (Å²) in [6, 6.07) is 0. The predicted molar refractivity (Wildman–Crippen MR) is 48.6 cm³/mol. The van der Waals surface area contributed by atoms with E-state index in [9.17, 15) is 0 Å². The van der Waals surface area contributed by atoms with Gasteiger partial charge >= 0.3 is 0 Å². The van der Waals surface area contributed by atoms with Crippen LogP contribution < -0.4 is 5.73 Å². The van der Waals surface area contributed by atoms with E-state index in [1.807, 2.05) is 12.4 Å². The van der Waals surface area contributed by atoms with Crippen molar-refractivity contribution in [3.63, 3.8) is 0 Å². The van der Waals surface area contributed by atoms with Crippen molar-refractivity contribution in [1.29, 1.82) is 0 Å². The van der Waals surface area contributed by atoms with Gasteiger partial charge in [-0.25, -0.2) is 4.68 Å². The molecule has 0 aliphatic heterocycles. The fourth-order valence-electron chi connectivity index (χ4n) is 1.47. The smallest absolute Gasteiger partial charge is 0.0532 e. The Hall–Kier alpha value is -1.09. The number of hydrogen-bond acceptors (Lipinski definition) is 2. The Morgan fingerprint density at radius 2 is 2.50 bits per heavy atom.